The van der Waals surface area contributed by atoms with Crippen molar-refractivity contribution >= 4 is 17.5 Å². The largest absolute Gasteiger partial charge is 0.352 e. The molecule has 1 fully saturated rings. The van der Waals surface area contributed by atoms with Crippen LogP contribution >= 0.6 is 0 Å². The Morgan fingerprint density at radius 2 is 2.00 bits per heavy atom. The molecule has 2 atom stereocenters. The Bertz CT molecular complexity index is 513. The van der Waals surface area contributed by atoms with Gasteiger partial charge in [0.1, 0.15) is 0 Å². The Hall–Kier alpha value is -1.88. The van der Waals surface area contributed by atoms with Crippen molar-refractivity contribution in [1.82, 2.24) is 10.6 Å². The van der Waals surface area contributed by atoms with Crippen molar-refractivity contribution in [3.8, 4) is 0 Å². The SMILES string of the molecule is CCCNC(=O)c1ccc(NC(=O)[C@H]2CCN[C@@H](C)C2)cc1. The normalized spacial score (nSPS) is 21.2. The summed E-state index contributed by atoms with van der Waals surface area (Å²) < 4.78 is 0. The summed E-state index contributed by atoms with van der Waals surface area (Å²) in [6.45, 7) is 5.67. The number of benzene rings is 1. The number of carbonyl (C=O) groups is 2. The third-order valence-corrected chi connectivity index (χ3v) is 3.94. The summed E-state index contributed by atoms with van der Waals surface area (Å²) in [4.78, 5) is 24.1. The Morgan fingerprint density at radius 1 is 1.27 bits per heavy atom. The highest BCUT2D eigenvalue weighted by Crippen LogP contribution is 2.19. The first kappa shape index (κ1) is 16.5. The maximum atomic E-state index is 12.3. The van der Waals surface area contributed by atoms with E-state index in [-0.39, 0.29) is 17.7 Å². The molecule has 0 bridgehead atoms. The summed E-state index contributed by atoms with van der Waals surface area (Å²) in [5.41, 5.74) is 1.35. The van der Waals surface area contributed by atoms with Gasteiger partial charge in [-0.1, -0.05) is 6.92 Å². The number of piperidine rings is 1. The molecule has 2 amide bonds. The van der Waals surface area contributed by atoms with Crippen LogP contribution in [0.2, 0.25) is 0 Å². The van der Waals surface area contributed by atoms with Crippen molar-refractivity contribution < 1.29 is 9.59 Å². The van der Waals surface area contributed by atoms with Crippen LogP contribution in [-0.4, -0.2) is 30.9 Å². The number of carbonyl (C=O) groups excluding carboxylic acids is 2. The number of hydrogen-bond donors (Lipinski definition) is 3. The number of hydrogen-bond acceptors (Lipinski definition) is 3. The average molecular weight is 303 g/mol. The first-order chi connectivity index (χ1) is 10.6. The predicted molar refractivity (Wildman–Crippen MR) is 87.9 cm³/mol. The van der Waals surface area contributed by atoms with Crippen molar-refractivity contribution in [2.24, 2.45) is 5.92 Å². The maximum absolute atomic E-state index is 12.3. The lowest BCUT2D eigenvalue weighted by Crippen LogP contribution is -2.40. The van der Waals surface area contributed by atoms with E-state index in [4.69, 9.17) is 0 Å². The fourth-order valence-electron chi connectivity index (χ4n) is 2.66. The average Bonchev–Trinajstić information content (AvgIpc) is 2.53. The molecule has 0 aromatic heterocycles. The predicted octanol–water partition coefficient (Wildman–Crippen LogP) is 2.15. The fourth-order valence-corrected chi connectivity index (χ4v) is 2.66. The van der Waals surface area contributed by atoms with Gasteiger partial charge in [0.15, 0.2) is 0 Å². The summed E-state index contributed by atoms with van der Waals surface area (Å²) in [7, 11) is 0. The van der Waals surface area contributed by atoms with Crippen LogP contribution in [0.25, 0.3) is 0 Å². The molecule has 1 aliphatic rings. The zero-order valence-corrected chi connectivity index (χ0v) is 13.3. The van der Waals surface area contributed by atoms with E-state index in [0.29, 0.717) is 18.2 Å². The second kappa shape index (κ2) is 7.94. The van der Waals surface area contributed by atoms with Crippen molar-refractivity contribution in [1.29, 1.82) is 0 Å². The van der Waals surface area contributed by atoms with E-state index in [1.165, 1.54) is 0 Å². The monoisotopic (exact) mass is 303 g/mol. The van der Waals surface area contributed by atoms with E-state index in [1.54, 1.807) is 24.3 Å². The van der Waals surface area contributed by atoms with Crippen LogP contribution in [0.15, 0.2) is 24.3 Å². The third kappa shape index (κ3) is 4.56. The molecule has 1 aliphatic heterocycles. The van der Waals surface area contributed by atoms with Gasteiger partial charge in [-0.2, -0.15) is 0 Å². The quantitative estimate of drug-likeness (QED) is 0.780. The van der Waals surface area contributed by atoms with Gasteiger partial charge >= 0.3 is 0 Å². The molecule has 5 nitrogen and oxygen atoms in total. The standard InChI is InChI=1S/C17H25N3O2/c1-3-9-19-16(21)13-4-6-15(7-5-13)20-17(22)14-8-10-18-12(2)11-14/h4-7,12,14,18H,3,8-11H2,1-2H3,(H,19,21)(H,20,22)/t12-,14-/m0/s1. The van der Waals surface area contributed by atoms with Gasteiger partial charge < -0.3 is 16.0 Å². The van der Waals surface area contributed by atoms with E-state index in [1.807, 2.05) is 6.92 Å². The molecule has 1 saturated heterocycles. The van der Waals surface area contributed by atoms with E-state index in [0.717, 1.165) is 31.5 Å². The molecule has 3 N–H and O–H groups in total. The van der Waals surface area contributed by atoms with Crippen LogP contribution in [0.5, 0.6) is 0 Å². The highest BCUT2D eigenvalue weighted by molar-refractivity contribution is 5.96. The third-order valence-electron chi connectivity index (χ3n) is 3.94. The molecular formula is C17H25N3O2. The Labute approximate surface area is 131 Å². The van der Waals surface area contributed by atoms with Gasteiger partial charge in [0.05, 0.1) is 0 Å². The van der Waals surface area contributed by atoms with Crippen LogP contribution in [0.3, 0.4) is 0 Å². The highest BCUT2D eigenvalue weighted by atomic mass is 16.2. The molecule has 0 aliphatic carbocycles. The van der Waals surface area contributed by atoms with E-state index in [2.05, 4.69) is 22.9 Å². The summed E-state index contributed by atoms with van der Waals surface area (Å²) in [6.07, 6.45) is 2.64. The van der Waals surface area contributed by atoms with E-state index >= 15 is 0 Å². The molecule has 0 spiro atoms. The number of rotatable bonds is 5. The van der Waals surface area contributed by atoms with Gasteiger partial charge in [-0.3, -0.25) is 9.59 Å². The lowest BCUT2D eigenvalue weighted by atomic mass is 9.92. The molecule has 5 heteroatoms. The molecule has 1 aromatic carbocycles. The van der Waals surface area contributed by atoms with Crippen LogP contribution in [-0.2, 0) is 4.79 Å². The zero-order valence-electron chi connectivity index (χ0n) is 13.3. The lowest BCUT2D eigenvalue weighted by molar-refractivity contribution is -0.120. The molecule has 2 rings (SSSR count). The molecule has 22 heavy (non-hydrogen) atoms. The van der Waals surface area contributed by atoms with Gasteiger partial charge in [0.25, 0.3) is 5.91 Å². The summed E-state index contributed by atoms with van der Waals surface area (Å²) in [5, 5.41) is 9.12. The lowest BCUT2D eigenvalue weighted by Gasteiger charge is -2.27. The van der Waals surface area contributed by atoms with Crippen LogP contribution in [0.1, 0.15) is 43.5 Å². The van der Waals surface area contributed by atoms with Crippen LogP contribution in [0, 0.1) is 5.92 Å². The summed E-state index contributed by atoms with van der Waals surface area (Å²) >= 11 is 0. The van der Waals surface area contributed by atoms with Crippen molar-refractivity contribution in [2.45, 2.75) is 39.2 Å². The molecule has 0 unspecified atom stereocenters. The Morgan fingerprint density at radius 3 is 2.64 bits per heavy atom. The molecule has 1 heterocycles. The summed E-state index contributed by atoms with van der Waals surface area (Å²) in [5.74, 6) is 0.0484. The second-order valence-corrected chi connectivity index (χ2v) is 5.90. The molecule has 0 radical (unpaired) electrons. The smallest absolute Gasteiger partial charge is 0.251 e. The van der Waals surface area contributed by atoms with Crippen molar-refractivity contribution in [2.75, 3.05) is 18.4 Å². The minimum atomic E-state index is -0.0769. The van der Waals surface area contributed by atoms with Gasteiger partial charge in [-0.25, -0.2) is 0 Å². The van der Waals surface area contributed by atoms with E-state index < -0.39 is 0 Å². The second-order valence-electron chi connectivity index (χ2n) is 5.90. The molecule has 120 valence electrons. The first-order valence-electron chi connectivity index (χ1n) is 8.02. The number of amides is 2. The van der Waals surface area contributed by atoms with Gasteiger partial charge in [0.2, 0.25) is 5.91 Å². The fraction of sp³-hybridized carbons (Fsp3) is 0.529. The van der Waals surface area contributed by atoms with Gasteiger partial charge in [-0.05, 0) is 57.0 Å². The first-order valence-corrected chi connectivity index (χ1v) is 8.02. The number of nitrogens with one attached hydrogen (secondary N) is 3. The number of anilines is 1. The minimum Gasteiger partial charge on any atom is -0.352 e. The Kier molecular flexibility index (Phi) is 5.95. The maximum Gasteiger partial charge on any atom is 0.251 e. The zero-order chi connectivity index (χ0) is 15.9. The Balaban J connectivity index is 1.90. The van der Waals surface area contributed by atoms with Gasteiger partial charge in [-0.15, -0.1) is 0 Å². The topological polar surface area (TPSA) is 70.2 Å². The van der Waals surface area contributed by atoms with Crippen LogP contribution in [0.4, 0.5) is 5.69 Å². The highest BCUT2D eigenvalue weighted by Gasteiger charge is 2.24. The molecule has 0 saturated carbocycles. The van der Waals surface area contributed by atoms with Crippen molar-refractivity contribution in [3.05, 3.63) is 29.8 Å². The minimum absolute atomic E-state index is 0.0591. The van der Waals surface area contributed by atoms with Gasteiger partial charge in [0, 0.05) is 29.8 Å². The van der Waals surface area contributed by atoms with Crippen molar-refractivity contribution in [3.63, 3.8) is 0 Å². The molecule has 1 aromatic rings. The molecular weight excluding hydrogens is 278 g/mol. The van der Waals surface area contributed by atoms with E-state index in [9.17, 15) is 9.59 Å². The summed E-state index contributed by atoms with van der Waals surface area (Å²) in [6, 6.07) is 7.43. The van der Waals surface area contributed by atoms with Crippen LogP contribution < -0.4 is 16.0 Å².